The Morgan fingerprint density at radius 3 is 1.45 bits per heavy atom. The summed E-state index contributed by atoms with van der Waals surface area (Å²) in [7, 11) is 0. The van der Waals surface area contributed by atoms with E-state index in [9.17, 15) is 0 Å². The molecule has 0 atom stereocenters. The molecule has 10 aromatic rings. The quantitative estimate of drug-likeness (QED) is 0.143. The van der Waals surface area contributed by atoms with Crippen LogP contribution in [0.4, 0.5) is 0 Å². The highest BCUT2D eigenvalue weighted by Crippen LogP contribution is 2.52. The highest BCUT2D eigenvalue weighted by atomic mass is 16.3. The molecule has 3 aromatic heterocycles. The molecule has 306 valence electrons. The minimum Gasteiger partial charge on any atom is -0.456 e. The molecule has 0 N–H and O–H groups in total. The summed E-state index contributed by atoms with van der Waals surface area (Å²) in [6.07, 6.45) is 4.72. The summed E-state index contributed by atoms with van der Waals surface area (Å²) in [5.41, 5.74) is 13.3. The van der Waals surface area contributed by atoms with Crippen LogP contribution < -0.4 is 0 Å². The van der Waals surface area contributed by atoms with Crippen molar-refractivity contribution in [2.45, 2.75) is 32.6 Å². The van der Waals surface area contributed by atoms with E-state index >= 15 is 0 Å². The average Bonchev–Trinajstić information content (AvgIpc) is 3.82. The Hall–Kier alpha value is -8.16. The zero-order valence-corrected chi connectivity index (χ0v) is 35.7. The highest BCUT2D eigenvalue weighted by Gasteiger charge is 2.37. The summed E-state index contributed by atoms with van der Waals surface area (Å²) in [5, 5.41) is 0.989. The lowest BCUT2D eigenvalue weighted by Crippen LogP contribution is -2.15. The minimum atomic E-state index is -0.295. The highest BCUT2D eigenvalue weighted by molar-refractivity contribution is 5.98. The van der Waals surface area contributed by atoms with E-state index in [0.29, 0.717) is 41.4 Å². The van der Waals surface area contributed by atoms with Gasteiger partial charge in [0.15, 0.2) is 34.9 Å². The maximum absolute atomic E-state index is 6.70. The van der Waals surface area contributed by atoms with E-state index in [1.165, 1.54) is 27.8 Å². The van der Waals surface area contributed by atoms with Crippen LogP contribution in [0, 0.1) is 0 Å². The Kier molecular flexibility index (Phi) is 9.65. The van der Waals surface area contributed by atoms with Gasteiger partial charge >= 0.3 is 0 Å². The van der Waals surface area contributed by atoms with Crippen molar-refractivity contribution in [1.29, 1.82) is 0 Å². The second kappa shape index (κ2) is 15.9. The van der Waals surface area contributed by atoms with Crippen molar-refractivity contribution in [3.63, 3.8) is 0 Å². The Bertz CT molecular complexity index is 3260. The maximum Gasteiger partial charge on any atom is 0.164 e. The van der Waals surface area contributed by atoms with Gasteiger partial charge in [-0.05, 0) is 52.9 Å². The van der Waals surface area contributed by atoms with Gasteiger partial charge in [-0.1, -0.05) is 184 Å². The number of allylic oxidation sites excluding steroid dienone is 1. The predicted octanol–water partition coefficient (Wildman–Crippen LogP) is 13.7. The van der Waals surface area contributed by atoms with Gasteiger partial charge in [-0.3, -0.25) is 0 Å². The Morgan fingerprint density at radius 1 is 0.453 bits per heavy atom. The molecule has 1 aliphatic rings. The van der Waals surface area contributed by atoms with E-state index in [1.807, 2.05) is 146 Å². The van der Waals surface area contributed by atoms with Crippen LogP contribution in [0.15, 0.2) is 186 Å². The van der Waals surface area contributed by atoms with Crippen LogP contribution >= 0.6 is 0 Å². The predicted molar refractivity (Wildman–Crippen MR) is 257 cm³/mol. The van der Waals surface area contributed by atoms with Crippen molar-refractivity contribution in [3.8, 4) is 79.5 Å². The topological polar surface area (TPSA) is 90.5 Å². The van der Waals surface area contributed by atoms with Crippen LogP contribution in [-0.4, -0.2) is 29.9 Å². The maximum atomic E-state index is 6.70. The Morgan fingerprint density at radius 2 is 0.938 bits per heavy atom. The summed E-state index contributed by atoms with van der Waals surface area (Å²) < 4.78 is 6.70. The van der Waals surface area contributed by atoms with E-state index in [2.05, 4.69) is 62.4 Å². The number of furan rings is 1. The number of hydrogen-bond donors (Lipinski definition) is 0. The summed E-state index contributed by atoms with van der Waals surface area (Å²) in [6.45, 7) is 6.65. The van der Waals surface area contributed by atoms with Crippen LogP contribution in [0.25, 0.3) is 96.5 Å². The second-order valence-corrected chi connectivity index (χ2v) is 16.6. The first kappa shape index (κ1) is 38.7. The fourth-order valence-corrected chi connectivity index (χ4v) is 9.09. The lowest BCUT2D eigenvalue weighted by molar-refractivity contribution is 0.599. The molecular weight excluding hydrogens is 785 g/mol. The van der Waals surface area contributed by atoms with E-state index in [4.69, 9.17) is 34.3 Å². The summed E-state index contributed by atoms with van der Waals surface area (Å²) >= 11 is 0. The van der Waals surface area contributed by atoms with Crippen LogP contribution in [0.5, 0.6) is 0 Å². The molecule has 0 fully saturated rings. The van der Waals surface area contributed by atoms with Crippen molar-refractivity contribution >= 4 is 17.0 Å². The van der Waals surface area contributed by atoms with E-state index < -0.39 is 0 Å². The average molecular weight is 827 g/mol. The Labute approximate surface area is 372 Å². The van der Waals surface area contributed by atoms with Gasteiger partial charge in [-0.2, -0.15) is 0 Å². The van der Waals surface area contributed by atoms with Gasteiger partial charge in [-0.25, -0.2) is 29.9 Å². The van der Waals surface area contributed by atoms with Gasteiger partial charge in [-0.15, -0.1) is 0 Å². The van der Waals surface area contributed by atoms with Gasteiger partial charge in [0.1, 0.15) is 11.3 Å². The number of hydrogen-bond acceptors (Lipinski definition) is 7. The molecule has 0 saturated heterocycles. The van der Waals surface area contributed by atoms with Crippen LogP contribution in [0.3, 0.4) is 0 Å². The largest absolute Gasteiger partial charge is 0.456 e. The number of aromatic nitrogens is 6. The minimum absolute atomic E-state index is 0.295. The van der Waals surface area contributed by atoms with Crippen molar-refractivity contribution in [3.05, 3.63) is 210 Å². The fraction of sp³-hybridized carbons (Fsp3) is 0.0877. The van der Waals surface area contributed by atoms with Gasteiger partial charge in [0.2, 0.25) is 0 Å². The zero-order chi connectivity index (χ0) is 43.2. The molecule has 64 heavy (non-hydrogen) atoms. The molecule has 0 spiro atoms. The monoisotopic (exact) mass is 826 g/mol. The Balaban J connectivity index is 1.05. The number of benzene rings is 7. The first-order chi connectivity index (χ1) is 31.4. The molecule has 0 unspecified atom stereocenters. The van der Waals surface area contributed by atoms with E-state index in [-0.39, 0.29) is 5.41 Å². The molecule has 0 saturated carbocycles. The third kappa shape index (κ3) is 6.88. The van der Waals surface area contributed by atoms with Crippen LogP contribution in [-0.2, 0) is 11.8 Å². The molecule has 1 aliphatic carbocycles. The molecule has 11 rings (SSSR count). The summed E-state index contributed by atoms with van der Waals surface area (Å²) in [6, 6.07) is 60.0. The lowest BCUT2D eigenvalue weighted by atomic mass is 9.81. The molecule has 7 aromatic carbocycles. The molecule has 3 heterocycles. The zero-order valence-electron chi connectivity index (χ0n) is 35.7. The number of rotatable bonds is 9. The van der Waals surface area contributed by atoms with Gasteiger partial charge < -0.3 is 4.42 Å². The van der Waals surface area contributed by atoms with Crippen LogP contribution in [0.1, 0.15) is 48.8 Å². The molecule has 0 amide bonds. The molecular formula is C57H42N6O. The van der Waals surface area contributed by atoms with Crippen LogP contribution in [0.2, 0.25) is 0 Å². The smallest absolute Gasteiger partial charge is 0.164 e. The molecule has 0 aliphatic heterocycles. The van der Waals surface area contributed by atoms with Gasteiger partial charge in [0.25, 0.3) is 0 Å². The molecule has 7 heteroatoms. The summed E-state index contributed by atoms with van der Waals surface area (Å²) in [5.74, 6) is 4.56. The van der Waals surface area contributed by atoms with Crippen molar-refractivity contribution in [1.82, 2.24) is 29.9 Å². The third-order valence-corrected chi connectivity index (χ3v) is 12.2. The van der Waals surface area contributed by atoms with E-state index in [1.54, 1.807) is 0 Å². The van der Waals surface area contributed by atoms with Crippen molar-refractivity contribution in [2.75, 3.05) is 0 Å². The fourth-order valence-electron chi connectivity index (χ4n) is 9.09. The summed E-state index contributed by atoms with van der Waals surface area (Å²) in [4.78, 5) is 30.3. The third-order valence-electron chi connectivity index (χ3n) is 12.2. The van der Waals surface area contributed by atoms with Crippen molar-refractivity contribution < 1.29 is 4.42 Å². The SMILES string of the molecule is C/C=C\c1oc2cccc(-c3nc(-c4ccccc4)nc(-c4ccccc4)n3)c2c1Cc1cccc2c1-c1ccc(-c3nc(-c4ccccc4)nc(-c4ccccc4)n3)cc1C2(C)C. The first-order valence-corrected chi connectivity index (χ1v) is 21.6. The number of fused-ring (bicyclic) bond motifs is 4. The molecule has 0 radical (unpaired) electrons. The second-order valence-electron chi connectivity index (χ2n) is 16.6. The molecule has 0 bridgehead atoms. The number of nitrogens with zero attached hydrogens (tertiary/aromatic N) is 6. The molecule has 7 nitrogen and oxygen atoms in total. The first-order valence-electron chi connectivity index (χ1n) is 21.6. The standard InChI is InChI=1S/C57H42N6O/c1-4-19-47-44(50-43(29-18-31-48(50)64-47)56-62-53(38-24-13-7-14-25-38)59-54(63-56)39-26-15-8-16-27-39)34-40-28-17-30-45-49(40)42-33-32-41(35-46(42)57(45,2)3)55-60-51(36-20-9-5-10-21-36)58-52(61-55)37-22-11-6-12-23-37/h4-33,35H,34H2,1-3H3/b19-4-. The van der Waals surface area contributed by atoms with Crippen molar-refractivity contribution in [2.24, 2.45) is 0 Å². The van der Waals surface area contributed by atoms with Gasteiger partial charge in [0.05, 0.1) is 0 Å². The van der Waals surface area contributed by atoms with Gasteiger partial charge in [0, 0.05) is 56.2 Å². The lowest BCUT2D eigenvalue weighted by Gasteiger charge is -2.22. The van der Waals surface area contributed by atoms with E-state index in [0.717, 1.165) is 55.7 Å². The normalized spacial score (nSPS) is 12.7.